The second-order valence-electron chi connectivity index (χ2n) is 6.63. The fraction of sp³-hybridized carbons (Fsp3) is 0.933. The van der Waals surface area contributed by atoms with Crippen LogP contribution in [-0.4, -0.2) is 36.0 Å². The molecule has 0 spiro atoms. The van der Waals surface area contributed by atoms with Crippen molar-refractivity contribution in [2.45, 2.75) is 70.4 Å². The van der Waals surface area contributed by atoms with Crippen LogP contribution >= 0.6 is 0 Å². The zero-order chi connectivity index (χ0) is 14.5. The summed E-state index contributed by atoms with van der Waals surface area (Å²) >= 11 is 0. The Morgan fingerprint density at radius 1 is 1.26 bits per heavy atom. The van der Waals surface area contributed by atoms with Crippen LogP contribution in [0.15, 0.2) is 0 Å². The predicted octanol–water partition coefficient (Wildman–Crippen LogP) is 1.87. The van der Waals surface area contributed by atoms with Gasteiger partial charge in [0.2, 0.25) is 5.91 Å². The van der Waals surface area contributed by atoms with Crippen LogP contribution in [0.25, 0.3) is 0 Å². The van der Waals surface area contributed by atoms with Crippen LogP contribution in [0.1, 0.15) is 58.8 Å². The van der Waals surface area contributed by atoms with Crippen LogP contribution in [0.3, 0.4) is 0 Å². The quantitative estimate of drug-likeness (QED) is 0.693. The van der Waals surface area contributed by atoms with Gasteiger partial charge in [-0.1, -0.05) is 6.92 Å². The second kappa shape index (κ2) is 7.25. The molecular formula is C15H31N3O. The molecule has 4 heteroatoms. The Morgan fingerprint density at radius 3 is 2.37 bits per heavy atom. The van der Waals surface area contributed by atoms with Gasteiger partial charge in [0.05, 0.1) is 5.54 Å². The minimum absolute atomic E-state index is 0.401. The lowest BCUT2D eigenvalue weighted by atomic mass is 9.86. The van der Waals surface area contributed by atoms with Gasteiger partial charge in [-0.15, -0.1) is 0 Å². The summed E-state index contributed by atoms with van der Waals surface area (Å²) in [6.07, 6.45) is 8.10. The standard InChI is InChI=1S/C15H31N3O/c1-12-6-8-13(9-7-12)18(3)11-5-4-10-15(2,17)14(16)19/h12-13H,4-11,17H2,1-3H3,(H2,16,19). The first-order chi connectivity index (χ1) is 8.83. The van der Waals surface area contributed by atoms with Gasteiger partial charge in [0.15, 0.2) is 0 Å². The molecule has 1 aliphatic rings. The van der Waals surface area contributed by atoms with E-state index in [2.05, 4.69) is 18.9 Å². The Balaban J connectivity index is 2.17. The summed E-state index contributed by atoms with van der Waals surface area (Å²) in [4.78, 5) is 13.6. The minimum atomic E-state index is -0.848. The highest BCUT2D eigenvalue weighted by atomic mass is 16.1. The van der Waals surface area contributed by atoms with Gasteiger partial charge < -0.3 is 16.4 Å². The van der Waals surface area contributed by atoms with Crippen LogP contribution in [0.4, 0.5) is 0 Å². The highest BCUT2D eigenvalue weighted by Crippen LogP contribution is 2.26. The lowest BCUT2D eigenvalue weighted by molar-refractivity contribution is -0.122. The van der Waals surface area contributed by atoms with Crippen molar-refractivity contribution in [2.75, 3.05) is 13.6 Å². The fourth-order valence-corrected chi connectivity index (χ4v) is 2.84. The summed E-state index contributed by atoms with van der Waals surface area (Å²) in [5, 5.41) is 0. The molecule has 112 valence electrons. The molecule has 0 heterocycles. The second-order valence-corrected chi connectivity index (χ2v) is 6.63. The number of nitrogens with zero attached hydrogens (tertiary/aromatic N) is 1. The molecule has 4 nitrogen and oxygen atoms in total. The Labute approximate surface area is 117 Å². The molecule has 0 radical (unpaired) electrons. The average molecular weight is 269 g/mol. The van der Waals surface area contributed by atoms with E-state index in [9.17, 15) is 4.79 Å². The Hall–Kier alpha value is -0.610. The number of carbonyl (C=O) groups is 1. The van der Waals surface area contributed by atoms with E-state index in [4.69, 9.17) is 11.5 Å². The third-order valence-electron chi connectivity index (χ3n) is 4.63. The van der Waals surface area contributed by atoms with Crippen molar-refractivity contribution in [1.29, 1.82) is 0 Å². The molecule has 0 aromatic heterocycles. The van der Waals surface area contributed by atoms with Gasteiger partial charge in [0.25, 0.3) is 0 Å². The van der Waals surface area contributed by atoms with Gasteiger partial charge in [-0.3, -0.25) is 4.79 Å². The van der Waals surface area contributed by atoms with Crippen molar-refractivity contribution in [2.24, 2.45) is 17.4 Å². The normalized spacial score (nSPS) is 27.2. The molecule has 0 saturated heterocycles. The molecule has 0 aromatic carbocycles. The summed E-state index contributed by atoms with van der Waals surface area (Å²) in [5.74, 6) is 0.500. The molecule has 0 aromatic rings. The van der Waals surface area contributed by atoms with Crippen LogP contribution < -0.4 is 11.5 Å². The molecule has 1 amide bonds. The molecule has 19 heavy (non-hydrogen) atoms. The third-order valence-corrected chi connectivity index (χ3v) is 4.63. The topological polar surface area (TPSA) is 72.3 Å². The first kappa shape index (κ1) is 16.4. The van der Waals surface area contributed by atoms with Crippen LogP contribution in [0, 0.1) is 5.92 Å². The van der Waals surface area contributed by atoms with Crippen LogP contribution in [-0.2, 0) is 4.79 Å². The van der Waals surface area contributed by atoms with Crippen LogP contribution in [0.2, 0.25) is 0 Å². The van der Waals surface area contributed by atoms with E-state index >= 15 is 0 Å². The zero-order valence-corrected chi connectivity index (χ0v) is 12.8. The number of unbranched alkanes of at least 4 members (excludes halogenated alkanes) is 1. The number of hydrogen-bond donors (Lipinski definition) is 2. The van der Waals surface area contributed by atoms with E-state index in [0.29, 0.717) is 6.42 Å². The summed E-state index contributed by atoms with van der Waals surface area (Å²) in [5.41, 5.74) is 10.3. The monoisotopic (exact) mass is 269 g/mol. The molecule has 1 fully saturated rings. The molecule has 1 aliphatic carbocycles. The molecule has 0 aliphatic heterocycles. The van der Waals surface area contributed by atoms with Crippen molar-refractivity contribution in [3.8, 4) is 0 Å². The number of primary amides is 1. The Bertz CT molecular complexity index is 283. The zero-order valence-electron chi connectivity index (χ0n) is 12.8. The van der Waals surface area contributed by atoms with Crippen molar-refractivity contribution < 1.29 is 4.79 Å². The van der Waals surface area contributed by atoms with E-state index in [-0.39, 0.29) is 0 Å². The van der Waals surface area contributed by atoms with Gasteiger partial charge in [-0.05, 0) is 71.4 Å². The first-order valence-corrected chi connectivity index (χ1v) is 7.62. The maximum absolute atomic E-state index is 11.1. The highest BCUT2D eigenvalue weighted by molar-refractivity contribution is 5.83. The molecule has 1 atom stereocenters. The summed E-state index contributed by atoms with van der Waals surface area (Å²) in [6, 6.07) is 0.747. The number of carbonyl (C=O) groups excluding carboxylic acids is 1. The lowest BCUT2D eigenvalue weighted by Crippen LogP contribution is -2.49. The molecule has 0 bridgehead atoms. The van der Waals surface area contributed by atoms with Gasteiger partial charge in [-0.25, -0.2) is 0 Å². The minimum Gasteiger partial charge on any atom is -0.368 e. The van der Waals surface area contributed by atoms with Gasteiger partial charge in [0.1, 0.15) is 0 Å². The van der Waals surface area contributed by atoms with Crippen molar-refractivity contribution in [3.63, 3.8) is 0 Å². The summed E-state index contributed by atoms with van der Waals surface area (Å²) in [6.45, 7) is 5.16. The van der Waals surface area contributed by atoms with Crippen molar-refractivity contribution in [3.05, 3.63) is 0 Å². The lowest BCUT2D eigenvalue weighted by Gasteiger charge is -2.33. The average Bonchev–Trinajstić information content (AvgIpc) is 2.35. The van der Waals surface area contributed by atoms with Gasteiger partial charge >= 0.3 is 0 Å². The number of rotatable bonds is 7. The van der Waals surface area contributed by atoms with Gasteiger partial charge in [0, 0.05) is 6.04 Å². The number of nitrogens with two attached hydrogens (primary N) is 2. The predicted molar refractivity (Wildman–Crippen MR) is 79.7 cm³/mol. The highest BCUT2D eigenvalue weighted by Gasteiger charge is 2.25. The molecule has 1 saturated carbocycles. The van der Waals surface area contributed by atoms with Crippen LogP contribution in [0.5, 0.6) is 0 Å². The maximum Gasteiger partial charge on any atom is 0.237 e. The summed E-state index contributed by atoms with van der Waals surface area (Å²) < 4.78 is 0. The van der Waals surface area contributed by atoms with E-state index in [0.717, 1.165) is 31.3 Å². The van der Waals surface area contributed by atoms with E-state index < -0.39 is 11.4 Å². The Kier molecular flexibility index (Phi) is 6.27. The van der Waals surface area contributed by atoms with E-state index in [1.54, 1.807) is 6.92 Å². The molecule has 1 rings (SSSR count). The number of hydrogen-bond acceptors (Lipinski definition) is 3. The third kappa shape index (κ3) is 5.49. The van der Waals surface area contributed by atoms with Gasteiger partial charge in [-0.2, -0.15) is 0 Å². The largest absolute Gasteiger partial charge is 0.368 e. The molecule has 4 N–H and O–H groups in total. The maximum atomic E-state index is 11.1. The fourth-order valence-electron chi connectivity index (χ4n) is 2.84. The molecule has 1 unspecified atom stereocenters. The molecular weight excluding hydrogens is 238 g/mol. The Morgan fingerprint density at radius 2 is 1.84 bits per heavy atom. The van der Waals surface area contributed by atoms with E-state index in [1.165, 1.54) is 25.7 Å². The first-order valence-electron chi connectivity index (χ1n) is 7.62. The number of amides is 1. The SMILES string of the molecule is CC1CCC(N(C)CCCCC(C)(N)C(N)=O)CC1. The smallest absolute Gasteiger partial charge is 0.237 e. The van der Waals surface area contributed by atoms with Crippen molar-refractivity contribution >= 4 is 5.91 Å². The summed E-state index contributed by atoms with van der Waals surface area (Å²) in [7, 11) is 2.22. The van der Waals surface area contributed by atoms with Crippen molar-refractivity contribution in [1.82, 2.24) is 4.90 Å². The van der Waals surface area contributed by atoms with E-state index in [1.807, 2.05) is 0 Å².